The number of nitrogens with one attached hydrogen (secondary N) is 2. The zero-order valence-corrected chi connectivity index (χ0v) is 17.4. The average Bonchev–Trinajstić information content (AvgIpc) is 2.60. The number of amides is 1. The molecular formula is C21H28N2O3S. The van der Waals surface area contributed by atoms with Crippen LogP contribution in [0.25, 0.3) is 0 Å². The monoisotopic (exact) mass is 388 g/mol. The van der Waals surface area contributed by atoms with Gasteiger partial charge in [0.05, 0.1) is 4.90 Å². The fourth-order valence-electron chi connectivity index (χ4n) is 2.86. The second kappa shape index (κ2) is 8.23. The lowest BCUT2D eigenvalue weighted by Crippen LogP contribution is -2.40. The second-order valence-corrected chi connectivity index (χ2v) is 9.18. The normalized spacial score (nSPS) is 12.0. The third kappa shape index (κ3) is 5.40. The molecular weight excluding hydrogens is 360 g/mol. The molecule has 0 spiro atoms. The van der Waals surface area contributed by atoms with Gasteiger partial charge in [0.1, 0.15) is 0 Å². The van der Waals surface area contributed by atoms with E-state index >= 15 is 0 Å². The van der Waals surface area contributed by atoms with Gasteiger partial charge in [-0.05, 0) is 62.9 Å². The minimum atomic E-state index is -3.70. The van der Waals surface area contributed by atoms with Gasteiger partial charge in [0.2, 0.25) is 10.0 Å². The van der Waals surface area contributed by atoms with Gasteiger partial charge in [-0.25, -0.2) is 13.1 Å². The Balaban J connectivity index is 2.35. The van der Waals surface area contributed by atoms with E-state index in [1.165, 1.54) is 12.1 Å². The first-order chi connectivity index (χ1) is 12.6. The number of anilines is 1. The highest BCUT2D eigenvalue weighted by Crippen LogP contribution is 2.24. The first kappa shape index (κ1) is 21.1. The molecule has 2 aromatic rings. The van der Waals surface area contributed by atoms with Crippen LogP contribution in [-0.2, 0) is 22.9 Å². The molecule has 2 rings (SSSR count). The van der Waals surface area contributed by atoms with Crippen LogP contribution in [0.5, 0.6) is 0 Å². The van der Waals surface area contributed by atoms with Gasteiger partial charge in [-0.3, -0.25) is 4.79 Å². The molecule has 1 amide bonds. The van der Waals surface area contributed by atoms with E-state index < -0.39 is 15.6 Å². The summed E-state index contributed by atoms with van der Waals surface area (Å²) in [6.07, 6.45) is 1.60. The van der Waals surface area contributed by atoms with Gasteiger partial charge in [0, 0.05) is 16.8 Å². The molecule has 0 aliphatic carbocycles. The Morgan fingerprint density at radius 3 is 2.04 bits per heavy atom. The number of hydrogen-bond donors (Lipinski definition) is 2. The van der Waals surface area contributed by atoms with Crippen LogP contribution in [0.2, 0.25) is 0 Å². The molecule has 2 N–H and O–H groups in total. The highest BCUT2D eigenvalue weighted by molar-refractivity contribution is 7.89. The Morgan fingerprint density at radius 1 is 0.963 bits per heavy atom. The van der Waals surface area contributed by atoms with Crippen LogP contribution in [-0.4, -0.2) is 19.9 Å². The molecule has 0 fully saturated rings. The fourth-order valence-corrected chi connectivity index (χ4v) is 4.32. The van der Waals surface area contributed by atoms with Crippen molar-refractivity contribution in [2.75, 3.05) is 5.32 Å². The molecule has 0 heterocycles. The number of carbonyl (C=O) groups is 1. The molecule has 0 radical (unpaired) electrons. The van der Waals surface area contributed by atoms with Gasteiger partial charge in [0.15, 0.2) is 0 Å². The molecule has 5 nitrogen and oxygen atoms in total. The average molecular weight is 389 g/mol. The van der Waals surface area contributed by atoms with E-state index in [4.69, 9.17) is 0 Å². The Bertz CT molecular complexity index is 906. The van der Waals surface area contributed by atoms with E-state index in [0.29, 0.717) is 5.56 Å². The number of para-hydroxylation sites is 1. The van der Waals surface area contributed by atoms with Crippen molar-refractivity contribution in [3.63, 3.8) is 0 Å². The summed E-state index contributed by atoms with van der Waals surface area (Å²) in [7, 11) is -3.70. The molecule has 0 unspecified atom stereocenters. The number of hydrogen-bond acceptors (Lipinski definition) is 3. The number of rotatable bonds is 6. The van der Waals surface area contributed by atoms with Gasteiger partial charge in [0.25, 0.3) is 5.91 Å². The lowest BCUT2D eigenvalue weighted by molar-refractivity contribution is 0.102. The molecule has 0 saturated heterocycles. The molecule has 27 heavy (non-hydrogen) atoms. The van der Waals surface area contributed by atoms with Crippen LogP contribution in [0.4, 0.5) is 5.69 Å². The first-order valence-electron chi connectivity index (χ1n) is 9.13. The lowest BCUT2D eigenvalue weighted by Gasteiger charge is -2.20. The zero-order chi connectivity index (χ0) is 20.2. The summed E-state index contributed by atoms with van der Waals surface area (Å²) in [4.78, 5) is 12.9. The smallest absolute Gasteiger partial charge is 0.255 e. The van der Waals surface area contributed by atoms with Crippen molar-refractivity contribution < 1.29 is 13.2 Å². The minimum Gasteiger partial charge on any atom is -0.321 e. The highest BCUT2D eigenvalue weighted by atomic mass is 32.2. The molecule has 0 bridgehead atoms. The van der Waals surface area contributed by atoms with E-state index in [1.807, 2.05) is 32.0 Å². The summed E-state index contributed by atoms with van der Waals surface area (Å²) in [6, 6.07) is 12.1. The van der Waals surface area contributed by atoms with Crippen LogP contribution in [0.1, 0.15) is 56.1 Å². The van der Waals surface area contributed by atoms with Crippen molar-refractivity contribution in [2.24, 2.45) is 0 Å². The van der Waals surface area contributed by atoms with Gasteiger partial charge >= 0.3 is 0 Å². The predicted octanol–water partition coefficient (Wildman–Crippen LogP) is 4.14. The second-order valence-electron chi connectivity index (χ2n) is 7.50. The van der Waals surface area contributed by atoms with Crippen LogP contribution in [0.3, 0.4) is 0 Å². The fraction of sp³-hybridized carbons (Fsp3) is 0.381. The maximum Gasteiger partial charge on any atom is 0.255 e. The van der Waals surface area contributed by atoms with Gasteiger partial charge in [-0.1, -0.05) is 38.1 Å². The summed E-state index contributed by atoms with van der Waals surface area (Å²) in [5, 5.41) is 2.97. The van der Waals surface area contributed by atoms with Crippen molar-refractivity contribution in [1.82, 2.24) is 4.72 Å². The minimum absolute atomic E-state index is 0.0737. The van der Waals surface area contributed by atoms with Gasteiger partial charge in [-0.2, -0.15) is 0 Å². The number of benzene rings is 2. The molecule has 0 atom stereocenters. The van der Waals surface area contributed by atoms with Crippen LogP contribution in [0.15, 0.2) is 47.4 Å². The molecule has 6 heteroatoms. The molecule has 0 saturated carbocycles. The van der Waals surface area contributed by atoms with E-state index in [1.54, 1.807) is 32.9 Å². The standard InChI is InChI=1S/C21H28N2O3S/c1-6-15-10-8-11-16(7-2)19(15)22-20(24)17-12-9-13-18(14-17)27(25,26)23-21(3,4)5/h8-14,23H,6-7H2,1-5H3,(H,22,24). The van der Waals surface area contributed by atoms with Crippen LogP contribution >= 0.6 is 0 Å². The number of carbonyl (C=O) groups excluding carboxylic acids is 1. The van der Waals surface area contributed by atoms with Crippen LogP contribution < -0.4 is 10.0 Å². The maximum absolute atomic E-state index is 12.8. The molecule has 0 aliphatic rings. The lowest BCUT2D eigenvalue weighted by atomic mass is 10.0. The van der Waals surface area contributed by atoms with Crippen molar-refractivity contribution in [3.8, 4) is 0 Å². The van der Waals surface area contributed by atoms with E-state index in [2.05, 4.69) is 10.0 Å². The third-order valence-electron chi connectivity index (χ3n) is 4.08. The van der Waals surface area contributed by atoms with Crippen molar-refractivity contribution >= 4 is 21.6 Å². The predicted molar refractivity (Wildman–Crippen MR) is 110 cm³/mol. The number of aryl methyl sites for hydroxylation is 2. The summed E-state index contributed by atoms with van der Waals surface area (Å²) in [5.41, 5.74) is 2.63. The maximum atomic E-state index is 12.8. The Kier molecular flexibility index (Phi) is 6.44. The van der Waals surface area contributed by atoms with E-state index in [0.717, 1.165) is 29.7 Å². The molecule has 0 aromatic heterocycles. The summed E-state index contributed by atoms with van der Waals surface area (Å²) in [5.74, 6) is -0.321. The van der Waals surface area contributed by atoms with E-state index in [9.17, 15) is 13.2 Å². The van der Waals surface area contributed by atoms with Crippen molar-refractivity contribution in [3.05, 3.63) is 59.2 Å². The summed E-state index contributed by atoms with van der Waals surface area (Å²) in [6.45, 7) is 9.39. The summed E-state index contributed by atoms with van der Waals surface area (Å²) < 4.78 is 27.7. The van der Waals surface area contributed by atoms with E-state index in [-0.39, 0.29) is 10.8 Å². The SMILES string of the molecule is CCc1cccc(CC)c1NC(=O)c1cccc(S(=O)(=O)NC(C)(C)C)c1. The number of sulfonamides is 1. The first-order valence-corrected chi connectivity index (χ1v) is 10.6. The molecule has 2 aromatic carbocycles. The molecule has 0 aliphatic heterocycles. The van der Waals surface area contributed by atoms with Gasteiger partial charge < -0.3 is 5.32 Å². The highest BCUT2D eigenvalue weighted by Gasteiger charge is 2.23. The third-order valence-corrected chi connectivity index (χ3v) is 5.84. The van der Waals surface area contributed by atoms with Crippen molar-refractivity contribution in [1.29, 1.82) is 0 Å². The zero-order valence-electron chi connectivity index (χ0n) is 16.6. The Labute approximate surface area is 162 Å². The van der Waals surface area contributed by atoms with Crippen LogP contribution in [0, 0.1) is 0 Å². The Hall–Kier alpha value is -2.18. The Morgan fingerprint density at radius 2 is 1.52 bits per heavy atom. The van der Waals surface area contributed by atoms with Gasteiger partial charge in [-0.15, -0.1) is 0 Å². The molecule has 146 valence electrons. The largest absolute Gasteiger partial charge is 0.321 e. The quantitative estimate of drug-likeness (QED) is 0.781. The van der Waals surface area contributed by atoms with Crippen molar-refractivity contribution in [2.45, 2.75) is 57.9 Å². The summed E-state index contributed by atoms with van der Waals surface area (Å²) >= 11 is 0. The topological polar surface area (TPSA) is 75.3 Å².